The van der Waals surface area contributed by atoms with Crippen LogP contribution >= 0.6 is 23.6 Å². The minimum absolute atomic E-state index is 0.517. The van der Waals surface area contributed by atoms with E-state index in [2.05, 4.69) is 18.7 Å². The fourth-order valence-corrected chi connectivity index (χ4v) is 3.31. The molecule has 1 aromatic heterocycles. The van der Waals surface area contributed by atoms with E-state index in [0.29, 0.717) is 10.9 Å². The Hall–Kier alpha value is -0.520. The molecule has 0 unspecified atom stereocenters. The van der Waals surface area contributed by atoms with E-state index >= 15 is 0 Å². The Labute approximate surface area is 118 Å². The zero-order valence-corrected chi connectivity index (χ0v) is 12.7. The van der Waals surface area contributed by atoms with Gasteiger partial charge in [0.1, 0.15) is 4.99 Å². The molecule has 1 aliphatic carbocycles. The topological polar surface area (TPSA) is 42.2 Å². The molecule has 0 radical (unpaired) electrons. The Morgan fingerprint density at radius 3 is 2.61 bits per heavy atom. The lowest BCUT2D eigenvalue weighted by molar-refractivity contribution is 0.308. The third kappa shape index (κ3) is 3.28. The lowest BCUT2D eigenvalue weighted by Crippen LogP contribution is -2.25. The molecule has 100 valence electrons. The molecule has 1 heterocycles. The van der Waals surface area contributed by atoms with E-state index in [1.807, 2.05) is 0 Å². The van der Waals surface area contributed by atoms with Crippen molar-refractivity contribution in [2.24, 2.45) is 5.73 Å². The molecule has 5 heteroatoms. The standard InChI is InChI=1S/C13H21N3S2/c1-3-16(4-2)8-7-10-15-11(9-5-6-9)12(18-10)13(14)17/h9H,3-8H2,1-2H3,(H2,14,17). The van der Waals surface area contributed by atoms with Crippen molar-refractivity contribution >= 4 is 28.5 Å². The van der Waals surface area contributed by atoms with Crippen LogP contribution < -0.4 is 5.73 Å². The number of aromatic nitrogens is 1. The zero-order valence-electron chi connectivity index (χ0n) is 11.1. The van der Waals surface area contributed by atoms with Gasteiger partial charge in [-0.25, -0.2) is 4.98 Å². The van der Waals surface area contributed by atoms with E-state index in [0.717, 1.165) is 30.9 Å². The van der Waals surface area contributed by atoms with Crippen LogP contribution in [-0.2, 0) is 6.42 Å². The monoisotopic (exact) mass is 283 g/mol. The molecular formula is C13H21N3S2. The van der Waals surface area contributed by atoms with Gasteiger partial charge in [-0.1, -0.05) is 26.1 Å². The summed E-state index contributed by atoms with van der Waals surface area (Å²) in [4.78, 5) is 8.75. The summed E-state index contributed by atoms with van der Waals surface area (Å²) in [6.07, 6.45) is 3.50. The summed E-state index contributed by atoms with van der Waals surface area (Å²) in [6.45, 7) is 7.66. The average Bonchev–Trinajstić information content (AvgIpc) is 3.11. The second kappa shape index (κ2) is 6.08. The highest BCUT2D eigenvalue weighted by Gasteiger charge is 2.30. The maximum absolute atomic E-state index is 5.79. The van der Waals surface area contributed by atoms with Crippen molar-refractivity contribution in [3.05, 3.63) is 15.6 Å². The zero-order chi connectivity index (χ0) is 13.1. The predicted octanol–water partition coefficient (Wildman–Crippen LogP) is 2.54. The summed E-state index contributed by atoms with van der Waals surface area (Å²) in [5.41, 5.74) is 6.96. The molecule has 0 saturated heterocycles. The first-order valence-electron chi connectivity index (χ1n) is 6.67. The second-order valence-electron chi connectivity index (χ2n) is 4.74. The molecule has 1 saturated carbocycles. The number of rotatable bonds is 7. The smallest absolute Gasteiger partial charge is 0.116 e. The van der Waals surface area contributed by atoms with Gasteiger partial charge in [0.25, 0.3) is 0 Å². The number of nitrogens with two attached hydrogens (primary N) is 1. The van der Waals surface area contributed by atoms with Gasteiger partial charge in [-0.2, -0.15) is 0 Å². The third-order valence-corrected chi connectivity index (χ3v) is 4.92. The summed E-state index contributed by atoms with van der Waals surface area (Å²) in [6, 6.07) is 0. The largest absolute Gasteiger partial charge is 0.389 e. The Balaban J connectivity index is 2.04. The minimum Gasteiger partial charge on any atom is -0.389 e. The predicted molar refractivity (Wildman–Crippen MR) is 81.5 cm³/mol. The van der Waals surface area contributed by atoms with Crippen LogP contribution in [0.15, 0.2) is 0 Å². The van der Waals surface area contributed by atoms with E-state index in [4.69, 9.17) is 22.9 Å². The van der Waals surface area contributed by atoms with Crippen LogP contribution in [-0.4, -0.2) is 34.5 Å². The molecule has 1 fully saturated rings. The van der Waals surface area contributed by atoms with Gasteiger partial charge < -0.3 is 10.6 Å². The van der Waals surface area contributed by atoms with Crippen molar-refractivity contribution in [2.75, 3.05) is 19.6 Å². The van der Waals surface area contributed by atoms with Gasteiger partial charge in [0.15, 0.2) is 0 Å². The Morgan fingerprint density at radius 1 is 1.44 bits per heavy atom. The van der Waals surface area contributed by atoms with Crippen molar-refractivity contribution in [3.63, 3.8) is 0 Å². The van der Waals surface area contributed by atoms with Gasteiger partial charge >= 0.3 is 0 Å². The number of hydrogen-bond donors (Lipinski definition) is 1. The molecule has 2 N–H and O–H groups in total. The van der Waals surface area contributed by atoms with Gasteiger partial charge in [-0.3, -0.25) is 0 Å². The molecule has 0 spiro atoms. The van der Waals surface area contributed by atoms with Crippen molar-refractivity contribution in [1.29, 1.82) is 0 Å². The van der Waals surface area contributed by atoms with Crippen molar-refractivity contribution < 1.29 is 0 Å². The van der Waals surface area contributed by atoms with Crippen LogP contribution in [0.5, 0.6) is 0 Å². The first-order valence-corrected chi connectivity index (χ1v) is 7.89. The number of thiocarbonyl (C=S) groups is 1. The van der Waals surface area contributed by atoms with Crippen molar-refractivity contribution in [3.8, 4) is 0 Å². The number of likely N-dealkylation sites (N-methyl/N-ethyl adjacent to an activating group) is 1. The molecule has 1 aliphatic rings. The number of nitrogens with zero attached hydrogens (tertiary/aromatic N) is 2. The summed E-state index contributed by atoms with van der Waals surface area (Å²) in [5, 5.41) is 1.19. The molecule has 2 rings (SSSR count). The molecular weight excluding hydrogens is 262 g/mol. The molecule has 0 aromatic carbocycles. The third-order valence-electron chi connectivity index (χ3n) is 3.42. The quantitative estimate of drug-likeness (QED) is 0.781. The number of hydrogen-bond acceptors (Lipinski definition) is 4. The summed E-state index contributed by atoms with van der Waals surface area (Å²) in [7, 11) is 0. The normalized spacial score (nSPS) is 15.3. The molecule has 1 aromatic rings. The SMILES string of the molecule is CCN(CC)CCc1nc(C2CC2)c(C(N)=S)s1. The first-order chi connectivity index (χ1) is 8.65. The molecule has 0 aliphatic heterocycles. The second-order valence-corrected chi connectivity index (χ2v) is 6.26. The van der Waals surface area contributed by atoms with E-state index in [9.17, 15) is 0 Å². The van der Waals surface area contributed by atoms with E-state index in [1.54, 1.807) is 11.3 Å². The summed E-state index contributed by atoms with van der Waals surface area (Å²) < 4.78 is 0. The average molecular weight is 283 g/mol. The Morgan fingerprint density at radius 2 is 2.11 bits per heavy atom. The highest BCUT2D eigenvalue weighted by atomic mass is 32.1. The lowest BCUT2D eigenvalue weighted by atomic mass is 10.2. The summed E-state index contributed by atoms with van der Waals surface area (Å²) >= 11 is 6.82. The van der Waals surface area contributed by atoms with Crippen LogP contribution in [0.4, 0.5) is 0 Å². The number of thiazole rings is 1. The fourth-order valence-electron chi connectivity index (χ4n) is 2.09. The van der Waals surface area contributed by atoms with E-state index in [-0.39, 0.29) is 0 Å². The van der Waals surface area contributed by atoms with Crippen LogP contribution in [0.3, 0.4) is 0 Å². The van der Waals surface area contributed by atoms with Crippen molar-refractivity contribution in [1.82, 2.24) is 9.88 Å². The van der Waals surface area contributed by atoms with Crippen LogP contribution in [0.25, 0.3) is 0 Å². The Kier molecular flexibility index (Phi) is 4.70. The van der Waals surface area contributed by atoms with Gasteiger partial charge in [0.2, 0.25) is 0 Å². The highest BCUT2D eigenvalue weighted by molar-refractivity contribution is 7.81. The molecule has 3 nitrogen and oxygen atoms in total. The van der Waals surface area contributed by atoms with Crippen molar-refractivity contribution in [2.45, 2.75) is 39.0 Å². The van der Waals surface area contributed by atoms with Gasteiger partial charge in [0.05, 0.1) is 15.6 Å². The summed E-state index contributed by atoms with van der Waals surface area (Å²) in [5.74, 6) is 0.625. The van der Waals surface area contributed by atoms with Gasteiger partial charge in [0, 0.05) is 18.9 Å². The maximum Gasteiger partial charge on any atom is 0.116 e. The van der Waals surface area contributed by atoms with E-state index < -0.39 is 0 Å². The molecule has 0 amide bonds. The lowest BCUT2D eigenvalue weighted by Gasteiger charge is -2.16. The van der Waals surface area contributed by atoms with Gasteiger partial charge in [-0.05, 0) is 25.9 Å². The molecule has 0 bridgehead atoms. The van der Waals surface area contributed by atoms with Crippen LogP contribution in [0.2, 0.25) is 0 Å². The van der Waals surface area contributed by atoms with E-state index in [1.165, 1.54) is 23.5 Å². The molecule has 18 heavy (non-hydrogen) atoms. The highest BCUT2D eigenvalue weighted by Crippen LogP contribution is 2.42. The van der Waals surface area contributed by atoms with Crippen LogP contribution in [0, 0.1) is 0 Å². The van der Waals surface area contributed by atoms with Gasteiger partial charge in [-0.15, -0.1) is 11.3 Å². The molecule has 0 atom stereocenters. The van der Waals surface area contributed by atoms with Crippen LogP contribution in [0.1, 0.15) is 48.2 Å². The fraction of sp³-hybridized carbons (Fsp3) is 0.692. The maximum atomic E-state index is 5.79. The minimum atomic E-state index is 0.517. The first kappa shape index (κ1) is 13.9. The Bertz CT molecular complexity index is 420.